The molecule has 1 N–H and O–H groups in total. The van der Waals surface area contributed by atoms with E-state index in [0.29, 0.717) is 6.61 Å². The molecule has 0 bridgehead atoms. The SMILES string of the molecule is CN(c1ccncc1)C1COCC1C(=O)O. The van der Waals surface area contributed by atoms with Gasteiger partial charge in [0.05, 0.1) is 19.3 Å². The number of carboxylic acids is 1. The quantitative estimate of drug-likeness (QED) is 0.812. The highest BCUT2D eigenvalue weighted by Crippen LogP contribution is 2.23. The van der Waals surface area contributed by atoms with Crippen molar-refractivity contribution in [1.82, 2.24) is 4.98 Å². The van der Waals surface area contributed by atoms with E-state index < -0.39 is 11.9 Å². The van der Waals surface area contributed by atoms with Crippen LogP contribution in [0.2, 0.25) is 0 Å². The number of carboxylic acid groups (broad SMARTS) is 1. The predicted octanol–water partition coefficient (Wildman–Crippen LogP) is 0.617. The number of nitrogens with zero attached hydrogens (tertiary/aromatic N) is 2. The second-order valence-corrected chi connectivity index (χ2v) is 3.87. The van der Waals surface area contributed by atoms with Crippen molar-refractivity contribution in [2.24, 2.45) is 5.92 Å². The van der Waals surface area contributed by atoms with E-state index in [1.807, 2.05) is 24.1 Å². The van der Waals surface area contributed by atoms with Gasteiger partial charge in [-0.05, 0) is 12.1 Å². The van der Waals surface area contributed by atoms with Crippen LogP contribution in [0.3, 0.4) is 0 Å². The number of aromatic nitrogens is 1. The summed E-state index contributed by atoms with van der Waals surface area (Å²) in [6, 6.07) is 3.61. The van der Waals surface area contributed by atoms with E-state index in [0.717, 1.165) is 5.69 Å². The standard InChI is InChI=1S/C11H14N2O3/c1-13(8-2-4-12-5-3-8)10-7-16-6-9(10)11(14)15/h2-5,9-10H,6-7H2,1H3,(H,14,15). The number of anilines is 1. The highest BCUT2D eigenvalue weighted by atomic mass is 16.5. The number of hydrogen-bond donors (Lipinski definition) is 1. The van der Waals surface area contributed by atoms with Crippen LogP contribution in [-0.2, 0) is 9.53 Å². The van der Waals surface area contributed by atoms with Gasteiger partial charge in [0, 0.05) is 25.1 Å². The molecule has 1 aromatic heterocycles. The van der Waals surface area contributed by atoms with Crippen LogP contribution in [0.5, 0.6) is 0 Å². The molecule has 0 saturated carbocycles. The predicted molar refractivity (Wildman–Crippen MR) is 58.4 cm³/mol. The molecule has 0 amide bonds. The zero-order chi connectivity index (χ0) is 11.5. The Kier molecular flexibility index (Phi) is 3.05. The maximum absolute atomic E-state index is 11.0. The number of likely N-dealkylation sites (N-methyl/N-ethyl adjacent to an activating group) is 1. The molecule has 0 aliphatic carbocycles. The van der Waals surface area contributed by atoms with E-state index >= 15 is 0 Å². The van der Waals surface area contributed by atoms with Crippen molar-refractivity contribution < 1.29 is 14.6 Å². The summed E-state index contributed by atoms with van der Waals surface area (Å²) in [5.41, 5.74) is 0.955. The summed E-state index contributed by atoms with van der Waals surface area (Å²) in [6.07, 6.45) is 3.38. The molecule has 5 heteroatoms. The largest absolute Gasteiger partial charge is 0.481 e. The fourth-order valence-corrected chi connectivity index (χ4v) is 1.93. The Bertz CT molecular complexity index is 369. The molecule has 1 saturated heterocycles. The van der Waals surface area contributed by atoms with Gasteiger partial charge in [0.25, 0.3) is 0 Å². The molecule has 1 aromatic rings. The first-order chi connectivity index (χ1) is 7.70. The highest BCUT2D eigenvalue weighted by Gasteiger charge is 2.36. The molecule has 2 atom stereocenters. The first-order valence-corrected chi connectivity index (χ1v) is 5.13. The molecule has 2 rings (SSSR count). The Morgan fingerprint density at radius 2 is 2.19 bits per heavy atom. The van der Waals surface area contributed by atoms with Crippen LogP contribution in [-0.4, -0.2) is 42.4 Å². The monoisotopic (exact) mass is 222 g/mol. The van der Waals surface area contributed by atoms with Gasteiger partial charge in [0.1, 0.15) is 5.92 Å². The zero-order valence-corrected chi connectivity index (χ0v) is 9.04. The number of aliphatic carboxylic acids is 1. The van der Waals surface area contributed by atoms with Gasteiger partial charge in [0.2, 0.25) is 0 Å². The van der Waals surface area contributed by atoms with Crippen molar-refractivity contribution in [2.45, 2.75) is 6.04 Å². The number of hydrogen-bond acceptors (Lipinski definition) is 4. The van der Waals surface area contributed by atoms with Gasteiger partial charge in [-0.1, -0.05) is 0 Å². The minimum atomic E-state index is -0.802. The van der Waals surface area contributed by atoms with Gasteiger partial charge in [-0.3, -0.25) is 9.78 Å². The molecule has 0 radical (unpaired) electrons. The fourth-order valence-electron chi connectivity index (χ4n) is 1.93. The summed E-state index contributed by atoms with van der Waals surface area (Å²) in [6.45, 7) is 0.741. The average molecular weight is 222 g/mol. The normalized spacial score (nSPS) is 24.3. The highest BCUT2D eigenvalue weighted by molar-refractivity contribution is 5.72. The van der Waals surface area contributed by atoms with E-state index in [4.69, 9.17) is 9.84 Å². The van der Waals surface area contributed by atoms with Gasteiger partial charge in [-0.25, -0.2) is 0 Å². The second-order valence-electron chi connectivity index (χ2n) is 3.87. The third-order valence-electron chi connectivity index (χ3n) is 2.94. The Morgan fingerprint density at radius 3 is 2.81 bits per heavy atom. The Morgan fingerprint density at radius 1 is 1.50 bits per heavy atom. The van der Waals surface area contributed by atoms with Crippen LogP contribution in [0.4, 0.5) is 5.69 Å². The van der Waals surface area contributed by atoms with Crippen LogP contribution in [0, 0.1) is 5.92 Å². The number of carbonyl (C=O) groups is 1. The molecular formula is C11H14N2O3. The average Bonchev–Trinajstić information content (AvgIpc) is 2.78. The molecular weight excluding hydrogens is 208 g/mol. The van der Waals surface area contributed by atoms with Gasteiger partial charge < -0.3 is 14.7 Å². The van der Waals surface area contributed by atoms with Crippen molar-refractivity contribution >= 4 is 11.7 Å². The Hall–Kier alpha value is -1.62. The van der Waals surface area contributed by atoms with Crippen LogP contribution in [0.1, 0.15) is 0 Å². The van der Waals surface area contributed by atoms with Crippen molar-refractivity contribution in [2.75, 3.05) is 25.2 Å². The van der Waals surface area contributed by atoms with Crippen molar-refractivity contribution in [3.05, 3.63) is 24.5 Å². The molecule has 0 aromatic carbocycles. The van der Waals surface area contributed by atoms with E-state index in [-0.39, 0.29) is 12.6 Å². The van der Waals surface area contributed by atoms with Gasteiger partial charge >= 0.3 is 5.97 Å². The van der Waals surface area contributed by atoms with Gasteiger partial charge in [-0.2, -0.15) is 0 Å². The summed E-state index contributed by atoms with van der Waals surface area (Å²) in [5.74, 6) is -1.26. The van der Waals surface area contributed by atoms with Crippen LogP contribution in [0.15, 0.2) is 24.5 Å². The molecule has 1 fully saturated rings. The lowest BCUT2D eigenvalue weighted by atomic mass is 10.0. The molecule has 86 valence electrons. The van der Waals surface area contributed by atoms with E-state index in [1.54, 1.807) is 12.4 Å². The Balaban J connectivity index is 2.15. The molecule has 1 aliphatic heterocycles. The molecule has 2 heterocycles. The summed E-state index contributed by atoms with van der Waals surface area (Å²) in [5, 5.41) is 9.06. The lowest BCUT2D eigenvalue weighted by molar-refractivity contribution is -0.141. The number of rotatable bonds is 3. The van der Waals surface area contributed by atoms with Crippen LogP contribution >= 0.6 is 0 Å². The summed E-state index contributed by atoms with van der Waals surface area (Å²) in [4.78, 5) is 16.9. The minimum Gasteiger partial charge on any atom is -0.481 e. The summed E-state index contributed by atoms with van der Waals surface area (Å²) >= 11 is 0. The second kappa shape index (κ2) is 4.49. The van der Waals surface area contributed by atoms with Crippen LogP contribution in [0.25, 0.3) is 0 Å². The van der Waals surface area contributed by atoms with Crippen molar-refractivity contribution in [3.63, 3.8) is 0 Å². The Labute approximate surface area is 93.7 Å². The third-order valence-corrected chi connectivity index (χ3v) is 2.94. The molecule has 2 unspecified atom stereocenters. The van der Waals surface area contributed by atoms with E-state index in [2.05, 4.69) is 4.98 Å². The fraction of sp³-hybridized carbons (Fsp3) is 0.455. The summed E-state index contributed by atoms with van der Waals surface area (Å²) in [7, 11) is 1.88. The van der Waals surface area contributed by atoms with Crippen molar-refractivity contribution in [3.8, 4) is 0 Å². The third kappa shape index (κ3) is 1.99. The first kappa shape index (κ1) is 10.9. The molecule has 0 spiro atoms. The topological polar surface area (TPSA) is 62.7 Å². The van der Waals surface area contributed by atoms with Crippen molar-refractivity contribution in [1.29, 1.82) is 0 Å². The van der Waals surface area contributed by atoms with E-state index in [1.165, 1.54) is 0 Å². The maximum Gasteiger partial charge on any atom is 0.311 e. The van der Waals surface area contributed by atoms with Crippen LogP contribution < -0.4 is 4.90 Å². The lowest BCUT2D eigenvalue weighted by Crippen LogP contribution is -2.40. The zero-order valence-electron chi connectivity index (χ0n) is 9.04. The number of pyridine rings is 1. The van der Waals surface area contributed by atoms with E-state index in [9.17, 15) is 4.79 Å². The van der Waals surface area contributed by atoms with Gasteiger partial charge in [0.15, 0.2) is 0 Å². The molecule has 16 heavy (non-hydrogen) atoms. The first-order valence-electron chi connectivity index (χ1n) is 5.13. The van der Waals surface area contributed by atoms with Gasteiger partial charge in [-0.15, -0.1) is 0 Å². The maximum atomic E-state index is 11.0. The molecule has 5 nitrogen and oxygen atoms in total. The molecule has 1 aliphatic rings. The smallest absolute Gasteiger partial charge is 0.311 e. The lowest BCUT2D eigenvalue weighted by Gasteiger charge is -2.28. The minimum absolute atomic E-state index is 0.111. The number of ether oxygens (including phenoxy) is 1. The summed E-state index contributed by atoms with van der Waals surface area (Å²) < 4.78 is 5.24.